The first-order valence-corrected chi connectivity index (χ1v) is 6.81. The summed E-state index contributed by atoms with van der Waals surface area (Å²) in [5.41, 5.74) is 0.640. The van der Waals surface area contributed by atoms with Crippen LogP contribution < -0.4 is 5.32 Å². The molecule has 0 atom stereocenters. The van der Waals surface area contributed by atoms with E-state index in [1.54, 1.807) is 30.1 Å². The molecule has 0 radical (unpaired) electrons. The molecule has 0 fully saturated rings. The molecule has 1 aromatic rings. The number of nitrogens with zero attached hydrogens (tertiary/aromatic N) is 1. The number of carbonyl (C=O) groups is 1. The summed E-state index contributed by atoms with van der Waals surface area (Å²) in [6.45, 7) is 0.722. The molecular formula is C10H13BrN2OS. The first kappa shape index (κ1) is 12.5. The van der Waals surface area contributed by atoms with Crippen LogP contribution in [0.2, 0.25) is 0 Å². The Balaban J connectivity index is 2.40. The number of halogens is 1. The molecule has 1 heterocycles. The van der Waals surface area contributed by atoms with Crippen molar-refractivity contribution in [2.24, 2.45) is 0 Å². The van der Waals surface area contributed by atoms with Gasteiger partial charge in [0.2, 0.25) is 0 Å². The number of thioether (sulfide) groups is 1. The molecule has 1 amide bonds. The molecule has 0 spiro atoms. The Hall–Kier alpha value is -0.550. The Labute approximate surface area is 102 Å². The average molecular weight is 289 g/mol. The van der Waals surface area contributed by atoms with Crippen molar-refractivity contribution in [1.82, 2.24) is 10.3 Å². The fourth-order valence-corrected chi connectivity index (χ4v) is 1.86. The molecule has 1 N–H and O–H groups in total. The highest BCUT2D eigenvalue weighted by Gasteiger charge is 2.04. The Bertz CT molecular complexity index is 333. The number of aromatic nitrogens is 1. The minimum Gasteiger partial charge on any atom is -0.352 e. The Kier molecular flexibility index (Phi) is 5.71. The minimum atomic E-state index is -0.0424. The average Bonchev–Trinajstić information content (AvgIpc) is 2.24. The molecule has 5 heteroatoms. The second-order valence-electron chi connectivity index (χ2n) is 2.97. The zero-order chi connectivity index (χ0) is 11.1. The number of amides is 1. The standard InChI is InChI=1S/C10H13BrN2OS/c1-15-6-2-4-13-10(14)8-3-5-12-9(11)7-8/h3,5,7H,2,4,6H2,1H3,(H,13,14). The molecule has 0 saturated heterocycles. The van der Waals surface area contributed by atoms with Gasteiger partial charge >= 0.3 is 0 Å². The predicted octanol–water partition coefficient (Wildman–Crippen LogP) is 2.33. The van der Waals surface area contributed by atoms with E-state index in [9.17, 15) is 4.79 Å². The second kappa shape index (κ2) is 6.85. The van der Waals surface area contributed by atoms with Crippen LogP contribution in [0.1, 0.15) is 16.8 Å². The van der Waals surface area contributed by atoms with Crippen molar-refractivity contribution >= 4 is 33.6 Å². The van der Waals surface area contributed by atoms with E-state index in [-0.39, 0.29) is 5.91 Å². The monoisotopic (exact) mass is 288 g/mol. The largest absolute Gasteiger partial charge is 0.352 e. The third-order valence-corrected chi connectivity index (χ3v) is 2.93. The lowest BCUT2D eigenvalue weighted by atomic mass is 10.2. The first-order chi connectivity index (χ1) is 7.24. The van der Waals surface area contributed by atoms with Crippen molar-refractivity contribution in [3.63, 3.8) is 0 Å². The summed E-state index contributed by atoms with van der Waals surface area (Å²) in [6, 6.07) is 3.42. The van der Waals surface area contributed by atoms with Crippen LogP contribution in [0.3, 0.4) is 0 Å². The normalized spacial score (nSPS) is 10.0. The number of hydrogen-bond donors (Lipinski definition) is 1. The molecule has 0 aliphatic rings. The summed E-state index contributed by atoms with van der Waals surface area (Å²) in [6.07, 6.45) is 4.67. The Morgan fingerprint density at radius 3 is 3.13 bits per heavy atom. The van der Waals surface area contributed by atoms with Gasteiger partial charge in [-0.2, -0.15) is 11.8 Å². The lowest BCUT2D eigenvalue weighted by Crippen LogP contribution is -2.24. The van der Waals surface area contributed by atoms with Gasteiger partial charge in [-0.05, 0) is 46.5 Å². The van der Waals surface area contributed by atoms with Gasteiger partial charge in [0.05, 0.1) is 0 Å². The van der Waals surface area contributed by atoms with Gasteiger partial charge in [-0.3, -0.25) is 4.79 Å². The second-order valence-corrected chi connectivity index (χ2v) is 4.77. The first-order valence-electron chi connectivity index (χ1n) is 4.62. The highest BCUT2D eigenvalue weighted by Crippen LogP contribution is 2.07. The number of hydrogen-bond acceptors (Lipinski definition) is 3. The zero-order valence-corrected chi connectivity index (χ0v) is 10.9. The maximum absolute atomic E-state index is 11.6. The molecule has 0 bridgehead atoms. The van der Waals surface area contributed by atoms with Gasteiger partial charge < -0.3 is 5.32 Å². The van der Waals surface area contributed by atoms with E-state index in [2.05, 4.69) is 32.5 Å². The number of nitrogens with one attached hydrogen (secondary N) is 1. The number of pyridine rings is 1. The van der Waals surface area contributed by atoms with Crippen LogP contribution in [0.25, 0.3) is 0 Å². The third kappa shape index (κ3) is 4.66. The van der Waals surface area contributed by atoms with Crippen molar-refractivity contribution in [3.05, 3.63) is 28.5 Å². The van der Waals surface area contributed by atoms with Gasteiger partial charge in [-0.15, -0.1) is 0 Å². The summed E-state index contributed by atoms with van der Waals surface area (Å²) in [7, 11) is 0. The van der Waals surface area contributed by atoms with Crippen LogP contribution in [-0.4, -0.2) is 29.4 Å². The van der Waals surface area contributed by atoms with E-state index in [0.29, 0.717) is 10.2 Å². The number of carbonyl (C=O) groups excluding carboxylic acids is 1. The van der Waals surface area contributed by atoms with Gasteiger partial charge in [0.15, 0.2) is 0 Å². The molecule has 0 aromatic carbocycles. The SMILES string of the molecule is CSCCCNC(=O)c1ccnc(Br)c1. The smallest absolute Gasteiger partial charge is 0.251 e. The predicted molar refractivity (Wildman–Crippen MR) is 67.3 cm³/mol. The summed E-state index contributed by atoms with van der Waals surface area (Å²) >= 11 is 5.01. The fraction of sp³-hybridized carbons (Fsp3) is 0.400. The van der Waals surface area contributed by atoms with Crippen LogP contribution in [-0.2, 0) is 0 Å². The van der Waals surface area contributed by atoms with Crippen LogP contribution in [0.5, 0.6) is 0 Å². The van der Waals surface area contributed by atoms with Gasteiger partial charge in [0, 0.05) is 18.3 Å². The van der Waals surface area contributed by atoms with E-state index in [1.807, 2.05) is 0 Å². The Morgan fingerprint density at radius 2 is 2.47 bits per heavy atom. The van der Waals surface area contributed by atoms with Crippen LogP contribution in [0, 0.1) is 0 Å². The molecule has 0 unspecified atom stereocenters. The maximum Gasteiger partial charge on any atom is 0.251 e. The van der Waals surface area contributed by atoms with Gasteiger partial charge in [0.25, 0.3) is 5.91 Å². The topological polar surface area (TPSA) is 42.0 Å². The summed E-state index contributed by atoms with van der Waals surface area (Å²) < 4.78 is 0.680. The summed E-state index contributed by atoms with van der Waals surface area (Å²) in [5, 5.41) is 2.86. The highest BCUT2D eigenvalue weighted by molar-refractivity contribution is 9.10. The fourth-order valence-electron chi connectivity index (χ4n) is 1.06. The molecule has 15 heavy (non-hydrogen) atoms. The lowest BCUT2D eigenvalue weighted by molar-refractivity contribution is 0.0953. The van der Waals surface area contributed by atoms with Crippen molar-refractivity contribution < 1.29 is 4.79 Å². The van der Waals surface area contributed by atoms with E-state index in [4.69, 9.17) is 0 Å². The maximum atomic E-state index is 11.6. The van der Waals surface area contributed by atoms with Crippen molar-refractivity contribution in [1.29, 1.82) is 0 Å². The zero-order valence-electron chi connectivity index (χ0n) is 8.50. The molecule has 82 valence electrons. The molecule has 0 aliphatic heterocycles. The summed E-state index contributed by atoms with van der Waals surface area (Å²) in [5.74, 6) is 1.03. The molecule has 1 aromatic heterocycles. The van der Waals surface area contributed by atoms with Crippen LogP contribution >= 0.6 is 27.7 Å². The van der Waals surface area contributed by atoms with Crippen molar-refractivity contribution in [2.75, 3.05) is 18.6 Å². The molecule has 0 aliphatic carbocycles. The van der Waals surface area contributed by atoms with Gasteiger partial charge in [-0.25, -0.2) is 4.98 Å². The number of rotatable bonds is 5. The lowest BCUT2D eigenvalue weighted by Gasteiger charge is -2.04. The quantitative estimate of drug-likeness (QED) is 0.668. The highest BCUT2D eigenvalue weighted by atomic mass is 79.9. The van der Waals surface area contributed by atoms with Crippen LogP contribution in [0.4, 0.5) is 0 Å². The van der Waals surface area contributed by atoms with E-state index < -0.39 is 0 Å². The molecule has 0 saturated carbocycles. The molecular weight excluding hydrogens is 276 g/mol. The molecule has 3 nitrogen and oxygen atoms in total. The third-order valence-electron chi connectivity index (χ3n) is 1.80. The van der Waals surface area contributed by atoms with Gasteiger partial charge in [-0.1, -0.05) is 0 Å². The van der Waals surface area contributed by atoms with E-state index in [0.717, 1.165) is 18.7 Å². The van der Waals surface area contributed by atoms with Crippen molar-refractivity contribution in [2.45, 2.75) is 6.42 Å². The van der Waals surface area contributed by atoms with Crippen LogP contribution in [0.15, 0.2) is 22.9 Å². The Morgan fingerprint density at radius 1 is 1.67 bits per heavy atom. The molecule has 1 rings (SSSR count). The van der Waals surface area contributed by atoms with E-state index in [1.165, 1.54) is 0 Å². The van der Waals surface area contributed by atoms with Gasteiger partial charge in [0.1, 0.15) is 4.60 Å². The van der Waals surface area contributed by atoms with E-state index >= 15 is 0 Å². The minimum absolute atomic E-state index is 0.0424. The van der Waals surface area contributed by atoms with Crippen molar-refractivity contribution in [3.8, 4) is 0 Å². The summed E-state index contributed by atoms with van der Waals surface area (Å²) in [4.78, 5) is 15.6.